The van der Waals surface area contributed by atoms with Crippen molar-refractivity contribution in [1.82, 2.24) is 15.0 Å². The topological polar surface area (TPSA) is 100 Å². The maximum atomic E-state index is 12.2. The van der Waals surface area contributed by atoms with Crippen LogP contribution in [-0.2, 0) is 11.5 Å². The number of aromatic nitrogens is 3. The van der Waals surface area contributed by atoms with Crippen molar-refractivity contribution in [2.45, 2.75) is 6.73 Å². The van der Waals surface area contributed by atoms with Gasteiger partial charge in [0.15, 0.2) is 6.73 Å². The zero-order chi connectivity index (χ0) is 16.4. The quantitative estimate of drug-likeness (QED) is 0.581. The van der Waals surface area contributed by atoms with Gasteiger partial charge in [0.25, 0.3) is 5.56 Å². The van der Waals surface area contributed by atoms with Crippen molar-refractivity contribution in [2.75, 3.05) is 5.73 Å². The predicted molar refractivity (Wildman–Crippen MR) is 85.1 cm³/mol. The fraction of sp³-hybridized carbons (Fsp3) is 0.0667. The molecule has 23 heavy (non-hydrogen) atoms. The van der Waals surface area contributed by atoms with Crippen molar-refractivity contribution in [3.63, 3.8) is 0 Å². The maximum absolute atomic E-state index is 12.2. The van der Waals surface area contributed by atoms with E-state index in [2.05, 4.69) is 10.3 Å². The SMILES string of the molecule is Nc1cc(C(=O)OCn2nnc3ccccc3c2=O)ccc1Cl. The van der Waals surface area contributed by atoms with Gasteiger partial charge in [0.1, 0.15) is 5.52 Å². The van der Waals surface area contributed by atoms with Gasteiger partial charge in [-0.15, -0.1) is 5.10 Å². The van der Waals surface area contributed by atoms with Gasteiger partial charge in [0.2, 0.25) is 0 Å². The van der Waals surface area contributed by atoms with Crippen LogP contribution in [0.2, 0.25) is 5.02 Å². The third kappa shape index (κ3) is 3.00. The van der Waals surface area contributed by atoms with Gasteiger partial charge in [-0.25, -0.2) is 4.79 Å². The zero-order valence-electron chi connectivity index (χ0n) is 11.8. The van der Waals surface area contributed by atoms with Gasteiger partial charge in [0, 0.05) is 0 Å². The van der Waals surface area contributed by atoms with E-state index < -0.39 is 5.97 Å². The molecule has 7 nitrogen and oxygen atoms in total. The molecule has 0 fully saturated rings. The minimum absolute atomic E-state index is 0.230. The molecular formula is C15H11ClN4O3. The molecule has 0 aliphatic carbocycles. The summed E-state index contributed by atoms with van der Waals surface area (Å²) in [5.41, 5.74) is 6.22. The average molecular weight is 331 g/mol. The molecule has 0 amide bonds. The number of benzene rings is 2. The number of esters is 1. The number of nitrogens with two attached hydrogens (primary N) is 1. The summed E-state index contributed by atoms with van der Waals surface area (Å²) in [6, 6.07) is 11.2. The lowest BCUT2D eigenvalue weighted by Gasteiger charge is -2.07. The molecule has 1 aromatic heterocycles. The number of carbonyl (C=O) groups is 1. The number of anilines is 1. The summed E-state index contributed by atoms with van der Waals surface area (Å²) in [5, 5.41) is 8.38. The first kappa shape index (κ1) is 15.0. The van der Waals surface area contributed by atoms with Crippen LogP contribution in [0.15, 0.2) is 47.3 Å². The summed E-state index contributed by atoms with van der Waals surface area (Å²) >= 11 is 5.79. The average Bonchev–Trinajstić information content (AvgIpc) is 2.57. The van der Waals surface area contributed by atoms with E-state index in [1.165, 1.54) is 18.2 Å². The molecule has 2 aromatic carbocycles. The summed E-state index contributed by atoms with van der Waals surface area (Å²) in [5.74, 6) is -0.643. The van der Waals surface area contributed by atoms with Gasteiger partial charge in [0.05, 0.1) is 21.7 Å². The molecule has 0 saturated carbocycles. The van der Waals surface area contributed by atoms with Crippen LogP contribution in [-0.4, -0.2) is 21.0 Å². The van der Waals surface area contributed by atoms with Gasteiger partial charge < -0.3 is 10.5 Å². The van der Waals surface area contributed by atoms with Gasteiger partial charge in [-0.2, -0.15) is 4.68 Å². The van der Waals surface area contributed by atoms with Gasteiger partial charge in [-0.05, 0) is 30.3 Å². The molecule has 1 heterocycles. The third-order valence-electron chi connectivity index (χ3n) is 3.18. The molecular weight excluding hydrogens is 320 g/mol. The van der Waals surface area contributed by atoms with Crippen LogP contribution in [0.4, 0.5) is 5.69 Å². The van der Waals surface area contributed by atoms with Gasteiger partial charge in [-0.3, -0.25) is 4.79 Å². The number of carbonyl (C=O) groups excluding carboxylic acids is 1. The van der Waals surface area contributed by atoms with E-state index >= 15 is 0 Å². The Morgan fingerprint density at radius 2 is 2.04 bits per heavy atom. The Labute approximate surface area is 135 Å². The summed E-state index contributed by atoms with van der Waals surface area (Å²) in [6.45, 7) is -0.349. The van der Waals surface area contributed by atoms with Crippen LogP contribution < -0.4 is 11.3 Å². The van der Waals surface area contributed by atoms with Crippen molar-refractivity contribution < 1.29 is 9.53 Å². The normalized spacial score (nSPS) is 10.7. The van der Waals surface area contributed by atoms with Gasteiger partial charge >= 0.3 is 5.97 Å². The van der Waals surface area contributed by atoms with E-state index in [0.717, 1.165) is 4.68 Å². The first-order valence-electron chi connectivity index (χ1n) is 6.61. The molecule has 3 rings (SSSR count). The van der Waals surface area contributed by atoms with Gasteiger partial charge in [-0.1, -0.05) is 28.9 Å². The van der Waals surface area contributed by atoms with Crippen LogP contribution in [0.5, 0.6) is 0 Å². The molecule has 0 radical (unpaired) electrons. The van der Waals surface area contributed by atoms with Crippen LogP contribution in [0, 0.1) is 0 Å². The number of hydrogen-bond donors (Lipinski definition) is 1. The minimum Gasteiger partial charge on any atom is -0.439 e. The predicted octanol–water partition coefficient (Wildman–Crippen LogP) is 1.84. The molecule has 0 spiro atoms. The van der Waals surface area contributed by atoms with Crippen molar-refractivity contribution in [3.8, 4) is 0 Å². The third-order valence-corrected chi connectivity index (χ3v) is 3.52. The summed E-state index contributed by atoms with van der Waals surface area (Å²) in [7, 11) is 0. The number of ether oxygens (including phenoxy) is 1. The van der Waals surface area contributed by atoms with Crippen molar-refractivity contribution >= 4 is 34.2 Å². The Hall–Kier alpha value is -2.93. The Bertz CT molecular complexity index is 955. The molecule has 116 valence electrons. The lowest BCUT2D eigenvalue weighted by Crippen LogP contribution is -2.26. The zero-order valence-corrected chi connectivity index (χ0v) is 12.5. The van der Waals surface area contributed by atoms with Crippen LogP contribution in [0.3, 0.4) is 0 Å². The molecule has 0 aliphatic heterocycles. The van der Waals surface area contributed by atoms with E-state index in [4.69, 9.17) is 22.1 Å². The second-order valence-corrected chi connectivity index (χ2v) is 5.12. The highest BCUT2D eigenvalue weighted by Crippen LogP contribution is 2.19. The first-order valence-corrected chi connectivity index (χ1v) is 6.99. The Kier molecular flexibility index (Phi) is 3.94. The van der Waals surface area contributed by atoms with E-state index in [0.29, 0.717) is 15.9 Å². The standard InChI is InChI=1S/C15H11ClN4O3/c16-11-6-5-9(7-12(11)17)15(22)23-8-20-14(21)10-3-1-2-4-13(10)18-19-20/h1-7H,8,17H2. The number of nitrogen functional groups attached to an aromatic ring is 1. The Morgan fingerprint density at radius 1 is 1.26 bits per heavy atom. The fourth-order valence-electron chi connectivity index (χ4n) is 1.98. The van der Waals surface area contributed by atoms with Crippen molar-refractivity contribution in [2.24, 2.45) is 0 Å². The lowest BCUT2D eigenvalue weighted by molar-refractivity contribution is 0.0336. The summed E-state index contributed by atoms with van der Waals surface area (Å²) in [4.78, 5) is 24.2. The number of rotatable bonds is 3. The monoisotopic (exact) mass is 330 g/mol. The van der Waals surface area contributed by atoms with E-state index in [9.17, 15) is 9.59 Å². The second-order valence-electron chi connectivity index (χ2n) is 4.71. The summed E-state index contributed by atoms with van der Waals surface area (Å²) < 4.78 is 6.03. The van der Waals surface area contributed by atoms with Crippen molar-refractivity contribution in [1.29, 1.82) is 0 Å². The number of hydrogen-bond acceptors (Lipinski definition) is 6. The molecule has 0 unspecified atom stereocenters. The molecule has 0 bridgehead atoms. The maximum Gasteiger partial charge on any atom is 0.339 e. The Balaban J connectivity index is 1.80. The molecule has 0 atom stereocenters. The lowest BCUT2D eigenvalue weighted by atomic mass is 10.2. The molecule has 0 aliphatic rings. The first-order chi connectivity index (χ1) is 11.1. The molecule has 3 aromatic rings. The summed E-state index contributed by atoms with van der Waals surface area (Å²) in [6.07, 6.45) is 0. The highest BCUT2D eigenvalue weighted by Gasteiger charge is 2.11. The van der Waals surface area contributed by atoms with Crippen molar-refractivity contribution in [3.05, 3.63) is 63.4 Å². The highest BCUT2D eigenvalue weighted by atomic mass is 35.5. The van der Waals surface area contributed by atoms with E-state index in [-0.39, 0.29) is 23.5 Å². The van der Waals surface area contributed by atoms with Crippen LogP contribution in [0.1, 0.15) is 10.4 Å². The van der Waals surface area contributed by atoms with Crippen LogP contribution >= 0.6 is 11.6 Å². The highest BCUT2D eigenvalue weighted by molar-refractivity contribution is 6.33. The molecule has 2 N–H and O–H groups in total. The largest absolute Gasteiger partial charge is 0.439 e. The molecule has 0 saturated heterocycles. The van der Waals surface area contributed by atoms with E-state index in [1.54, 1.807) is 24.3 Å². The smallest absolute Gasteiger partial charge is 0.339 e. The Morgan fingerprint density at radius 3 is 2.83 bits per heavy atom. The van der Waals surface area contributed by atoms with Crippen LogP contribution in [0.25, 0.3) is 10.9 Å². The fourth-order valence-corrected chi connectivity index (χ4v) is 2.10. The molecule has 8 heteroatoms. The number of fused-ring (bicyclic) bond motifs is 1. The van der Waals surface area contributed by atoms with E-state index in [1.807, 2.05) is 0 Å². The minimum atomic E-state index is -0.643. The number of nitrogens with zero attached hydrogens (tertiary/aromatic N) is 3. The second kappa shape index (κ2) is 6.05. The number of halogens is 1.